The minimum Gasteiger partial charge on any atom is -0.478 e. The summed E-state index contributed by atoms with van der Waals surface area (Å²) in [5, 5.41) is 19.8. The number of hydrogen-bond acceptors (Lipinski definition) is 4. The van der Waals surface area contributed by atoms with Gasteiger partial charge in [-0.2, -0.15) is 5.10 Å². The van der Waals surface area contributed by atoms with Crippen LogP contribution >= 0.6 is 11.6 Å². The average Bonchev–Trinajstić information content (AvgIpc) is 2.32. The van der Waals surface area contributed by atoms with Crippen molar-refractivity contribution in [1.82, 2.24) is 10.2 Å². The van der Waals surface area contributed by atoms with Crippen LogP contribution in [0.2, 0.25) is 5.02 Å². The van der Waals surface area contributed by atoms with E-state index in [1.807, 2.05) is 0 Å². The van der Waals surface area contributed by atoms with Gasteiger partial charge in [0.2, 0.25) is 0 Å². The fraction of sp³-hybridized carbons (Fsp3) is 0. The molecule has 2 rings (SSSR count). The first-order valence-corrected chi connectivity index (χ1v) is 5.12. The maximum atomic E-state index is 10.9. The molecule has 0 fully saturated rings. The smallest absolute Gasteiger partial charge is 0.339 e. The summed E-state index contributed by atoms with van der Waals surface area (Å²) in [6.07, 6.45) is 1.33. The zero-order valence-electron chi connectivity index (χ0n) is 8.59. The Bertz CT molecular complexity index is 543. The van der Waals surface area contributed by atoms with Crippen LogP contribution in [0, 0.1) is 0 Å². The number of carboxylic acid groups (broad SMARTS) is 1. The van der Waals surface area contributed by atoms with Gasteiger partial charge in [-0.1, -0.05) is 11.6 Å². The van der Waals surface area contributed by atoms with E-state index in [0.29, 0.717) is 10.7 Å². The Balaban J connectivity index is 2.30. The van der Waals surface area contributed by atoms with Crippen LogP contribution in [0.25, 0.3) is 0 Å². The van der Waals surface area contributed by atoms with E-state index in [1.165, 1.54) is 12.3 Å². The molecule has 1 aromatic heterocycles. The second kappa shape index (κ2) is 4.80. The van der Waals surface area contributed by atoms with Crippen LogP contribution in [-0.4, -0.2) is 21.3 Å². The molecule has 0 atom stereocenters. The normalized spacial score (nSPS) is 9.94. The highest BCUT2D eigenvalue weighted by Crippen LogP contribution is 2.19. The molecule has 2 N–H and O–H groups in total. The van der Waals surface area contributed by atoms with Crippen molar-refractivity contribution in [2.24, 2.45) is 0 Å². The van der Waals surface area contributed by atoms with E-state index in [-0.39, 0.29) is 11.4 Å². The Labute approximate surface area is 102 Å². The summed E-state index contributed by atoms with van der Waals surface area (Å²) in [7, 11) is 0. The molecule has 6 heteroatoms. The van der Waals surface area contributed by atoms with Crippen molar-refractivity contribution >= 4 is 29.1 Å². The molecular weight excluding hydrogens is 242 g/mol. The van der Waals surface area contributed by atoms with Gasteiger partial charge in [-0.25, -0.2) is 4.79 Å². The van der Waals surface area contributed by atoms with E-state index < -0.39 is 5.97 Å². The van der Waals surface area contributed by atoms with Gasteiger partial charge in [0.15, 0.2) is 5.82 Å². The number of aromatic nitrogens is 2. The number of carbonyl (C=O) groups is 1. The van der Waals surface area contributed by atoms with Gasteiger partial charge < -0.3 is 10.4 Å². The van der Waals surface area contributed by atoms with Crippen LogP contribution in [0.3, 0.4) is 0 Å². The van der Waals surface area contributed by atoms with E-state index in [9.17, 15) is 4.79 Å². The summed E-state index contributed by atoms with van der Waals surface area (Å²) >= 11 is 5.75. The third-order valence-electron chi connectivity index (χ3n) is 2.06. The maximum Gasteiger partial charge on any atom is 0.339 e. The number of halogens is 1. The zero-order chi connectivity index (χ0) is 12.3. The number of carboxylic acids is 1. The Morgan fingerprint density at radius 2 is 1.94 bits per heavy atom. The Hall–Kier alpha value is -2.14. The Morgan fingerprint density at radius 1 is 1.24 bits per heavy atom. The van der Waals surface area contributed by atoms with E-state index in [1.54, 1.807) is 24.3 Å². The molecule has 0 spiro atoms. The van der Waals surface area contributed by atoms with Gasteiger partial charge in [-0.3, -0.25) is 0 Å². The van der Waals surface area contributed by atoms with Crippen LogP contribution in [0.15, 0.2) is 36.5 Å². The summed E-state index contributed by atoms with van der Waals surface area (Å²) in [6.45, 7) is 0. The van der Waals surface area contributed by atoms with Crippen molar-refractivity contribution in [3.63, 3.8) is 0 Å². The van der Waals surface area contributed by atoms with E-state index >= 15 is 0 Å². The van der Waals surface area contributed by atoms with Crippen LogP contribution < -0.4 is 5.32 Å². The first-order chi connectivity index (χ1) is 8.16. The molecular formula is C11H8ClN3O2. The van der Waals surface area contributed by atoms with Gasteiger partial charge in [0.05, 0.1) is 6.20 Å². The second-order valence-corrected chi connectivity index (χ2v) is 3.67. The molecule has 0 saturated heterocycles. The van der Waals surface area contributed by atoms with Gasteiger partial charge in [-0.05, 0) is 30.3 Å². The van der Waals surface area contributed by atoms with Crippen molar-refractivity contribution in [2.45, 2.75) is 0 Å². The molecule has 0 aliphatic heterocycles. The predicted octanol–water partition coefficient (Wildman–Crippen LogP) is 2.57. The highest BCUT2D eigenvalue weighted by Gasteiger charge is 2.11. The molecule has 2 aromatic rings. The number of hydrogen-bond donors (Lipinski definition) is 2. The molecule has 1 aromatic carbocycles. The van der Waals surface area contributed by atoms with Gasteiger partial charge in [0.25, 0.3) is 0 Å². The molecule has 0 bridgehead atoms. The van der Waals surface area contributed by atoms with E-state index in [4.69, 9.17) is 16.7 Å². The Kier molecular flexibility index (Phi) is 3.20. The molecule has 0 aliphatic rings. The molecule has 0 unspecified atom stereocenters. The molecule has 1 heterocycles. The van der Waals surface area contributed by atoms with Crippen molar-refractivity contribution < 1.29 is 9.90 Å². The largest absolute Gasteiger partial charge is 0.478 e. The number of anilines is 2. The lowest BCUT2D eigenvalue weighted by molar-refractivity contribution is 0.0697. The molecule has 86 valence electrons. The average molecular weight is 250 g/mol. The number of aromatic carboxylic acids is 1. The maximum absolute atomic E-state index is 10.9. The monoisotopic (exact) mass is 249 g/mol. The highest BCUT2D eigenvalue weighted by molar-refractivity contribution is 6.30. The minimum atomic E-state index is -1.06. The van der Waals surface area contributed by atoms with Crippen molar-refractivity contribution in [3.05, 3.63) is 47.1 Å². The number of nitrogens with zero attached hydrogens (tertiary/aromatic N) is 2. The van der Waals surface area contributed by atoms with Crippen LogP contribution in [0.4, 0.5) is 11.5 Å². The number of benzene rings is 1. The molecule has 17 heavy (non-hydrogen) atoms. The van der Waals surface area contributed by atoms with Gasteiger partial charge in [0, 0.05) is 10.7 Å². The summed E-state index contributed by atoms with van der Waals surface area (Å²) < 4.78 is 0. The lowest BCUT2D eigenvalue weighted by atomic mass is 10.2. The van der Waals surface area contributed by atoms with E-state index in [0.717, 1.165) is 0 Å². The van der Waals surface area contributed by atoms with Crippen LogP contribution in [0.1, 0.15) is 10.4 Å². The first kappa shape index (κ1) is 11.3. The van der Waals surface area contributed by atoms with Gasteiger partial charge in [0.1, 0.15) is 5.56 Å². The summed E-state index contributed by atoms with van der Waals surface area (Å²) in [5.41, 5.74) is 0.757. The molecule has 5 nitrogen and oxygen atoms in total. The quantitative estimate of drug-likeness (QED) is 0.874. The van der Waals surface area contributed by atoms with Crippen molar-refractivity contribution in [3.8, 4) is 0 Å². The summed E-state index contributed by atoms with van der Waals surface area (Å²) in [6, 6.07) is 8.22. The lowest BCUT2D eigenvalue weighted by Crippen LogP contribution is -2.05. The molecule has 0 radical (unpaired) electrons. The summed E-state index contributed by atoms with van der Waals surface area (Å²) in [4.78, 5) is 10.9. The highest BCUT2D eigenvalue weighted by atomic mass is 35.5. The Morgan fingerprint density at radius 3 is 2.59 bits per heavy atom. The topological polar surface area (TPSA) is 75.1 Å². The second-order valence-electron chi connectivity index (χ2n) is 3.23. The first-order valence-electron chi connectivity index (χ1n) is 4.74. The molecule has 0 saturated carbocycles. The SMILES string of the molecule is O=C(O)c1ccnnc1Nc1ccc(Cl)cc1. The fourth-order valence-electron chi connectivity index (χ4n) is 1.27. The van der Waals surface area contributed by atoms with Crippen LogP contribution in [-0.2, 0) is 0 Å². The van der Waals surface area contributed by atoms with Gasteiger partial charge >= 0.3 is 5.97 Å². The predicted molar refractivity (Wildman–Crippen MR) is 63.7 cm³/mol. The molecule has 0 amide bonds. The van der Waals surface area contributed by atoms with Crippen molar-refractivity contribution in [2.75, 3.05) is 5.32 Å². The minimum absolute atomic E-state index is 0.0648. The zero-order valence-corrected chi connectivity index (χ0v) is 9.35. The molecule has 0 aliphatic carbocycles. The van der Waals surface area contributed by atoms with Crippen molar-refractivity contribution in [1.29, 1.82) is 0 Å². The van der Waals surface area contributed by atoms with Gasteiger partial charge in [-0.15, -0.1) is 5.10 Å². The van der Waals surface area contributed by atoms with Crippen LogP contribution in [0.5, 0.6) is 0 Å². The number of nitrogens with one attached hydrogen (secondary N) is 1. The summed E-state index contributed by atoms with van der Waals surface area (Å²) in [5.74, 6) is -0.862. The third kappa shape index (κ3) is 2.70. The van der Waals surface area contributed by atoms with E-state index in [2.05, 4.69) is 15.5 Å². The number of rotatable bonds is 3. The fourth-order valence-corrected chi connectivity index (χ4v) is 1.39. The standard InChI is InChI=1S/C11H8ClN3O2/c12-7-1-3-8(4-2-7)14-10-9(11(16)17)5-6-13-15-10/h1-6H,(H,14,15)(H,16,17). The third-order valence-corrected chi connectivity index (χ3v) is 2.31. The lowest BCUT2D eigenvalue weighted by Gasteiger charge is -2.06.